The number of halogens is 11. The summed E-state index contributed by atoms with van der Waals surface area (Å²) in [7, 11) is 0. The molecule has 0 heterocycles. The van der Waals surface area contributed by atoms with Crippen LogP contribution >= 0.6 is 128 Å². The molecule has 0 unspecified atom stereocenters. The van der Waals surface area contributed by atoms with Crippen LogP contribution in [0.3, 0.4) is 0 Å². The minimum Gasteiger partial charge on any atom is -0.505 e. The van der Waals surface area contributed by atoms with Gasteiger partial charge in [-0.05, 0) is 0 Å². The average molecular weight is 602 g/mol. The predicted molar refractivity (Wildman–Crippen MR) is 127 cm³/mol. The number of rotatable bonds is 0. The van der Waals surface area contributed by atoms with Gasteiger partial charge in [-0.1, -0.05) is 58.0 Å². The molecule has 1 aliphatic rings. The second-order valence-corrected chi connectivity index (χ2v) is 9.50. The van der Waals surface area contributed by atoms with Crippen LogP contribution in [-0.4, -0.2) is 37.4 Å². The van der Waals surface area contributed by atoms with E-state index in [1.54, 1.807) is 0 Å². The van der Waals surface area contributed by atoms with E-state index in [0.29, 0.717) is 0 Å². The summed E-state index contributed by atoms with van der Waals surface area (Å²) < 4.78 is 0. The van der Waals surface area contributed by atoms with Crippen molar-refractivity contribution in [3.05, 3.63) is 38.3 Å². The predicted octanol–water partition coefficient (Wildman–Crippen LogP) is 9.27. The summed E-state index contributed by atoms with van der Waals surface area (Å²) in [5.41, 5.74) is 0. The first-order chi connectivity index (χ1) is 11.9. The SMILES string of the molecule is C=C.Cl[C@H]1[C@H](Cl)[C@@H](Cl)[C@@H](Cl)[C@H](Cl)[C@H]1Cl.N.Oc1c(Cl)c(Cl)c(Cl)c(Cl)c1Cl. The topological polar surface area (TPSA) is 55.2 Å². The first kappa shape index (κ1) is 31.1. The fourth-order valence-corrected chi connectivity index (χ4v) is 5.10. The molecule has 158 valence electrons. The first-order valence-electron chi connectivity index (χ1n) is 6.48. The molecule has 27 heavy (non-hydrogen) atoms. The zero-order chi connectivity index (χ0) is 20.9. The molecular formula is C14H14Cl11NO. The van der Waals surface area contributed by atoms with Crippen molar-refractivity contribution in [2.45, 2.75) is 32.3 Å². The van der Waals surface area contributed by atoms with E-state index in [0.717, 1.165) is 0 Å². The third kappa shape index (κ3) is 7.52. The van der Waals surface area contributed by atoms with E-state index in [1.807, 2.05) is 0 Å². The van der Waals surface area contributed by atoms with Crippen LogP contribution in [0, 0.1) is 0 Å². The largest absolute Gasteiger partial charge is 0.505 e. The average Bonchev–Trinajstić information content (AvgIpc) is 2.66. The zero-order valence-corrected chi connectivity index (χ0v) is 21.5. The van der Waals surface area contributed by atoms with Crippen LogP contribution in [0.15, 0.2) is 13.2 Å². The van der Waals surface area contributed by atoms with Gasteiger partial charge in [0.05, 0.1) is 47.3 Å². The monoisotopic (exact) mass is 597 g/mol. The van der Waals surface area contributed by atoms with Crippen LogP contribution in [0.4, 0.5) is 0 Å². The molecule has 0 bridgehead atoms. The van der Waals surface area contributed by atoms with Crippen molar-refractivity contribution in [2.75, 3.05) is 0 Å². The molecule has 4 N–H and O–H groups in total. The summed E-state index contributed by atoms with van der Waals surface area (Å²) in [4.78, 5) is 0. The molecule has 1 aromatic carbocycles. The highest BCUT2D eigenvalue weighted by atomic mass is 35.5. The van der Waals surface area contributed by atoms with Crippen molar-refractivity contribution in [2.24, 2.45) is 0 Å². The summed E-state index contributed by atoms with van der Waals surface area (Å²) in [6.07, 6.45) is 0. The Hall–Kier alpha value is 1.91. The number of aromatic hydroxyl groups is 1. The van der Waals surface area contributed by atoms with Gasteiger partial charge in [0.25, 0.3) is 0 Å². The molecule has 0 saturated heterocycles. The molecule has 1 fully saturated rings. The highest BCUT2D eigenvalue weighted by Gasteiger charge is 2.46. The van der Waals surface area contributed by atoms with Crippen LogP contribution < -0.4 is 6.15 Å². The summed E-state index contributed by atoms with van der Waals surface area (Å²) >= 11 is 63.2. The van der Waals surface area contributed by atoms with Crippen LogP contribution in [0.1, 0.15) is 0 Å². The van der Waals surface area contributed by atoms with Crippen LogP contribution in [0.2, 0.25) is 25.1 Å². The Labute approximate surface area is 213 Å². The number of alkyl halides is 6. The fourth-order valence-electron chi connectivity index (χ4n) is 1.65. The van der Waals surface area contributed by atoms with Gasteiger partial charge in [-0.15, -0.1) is 82.8 Å². The Morgan fingerprint density at radius 2 is 0.630 bits per heavy atom. The quantitative estimate of drug-likeness (QED) is 0.135. The first-order valence-corrected chi connectivity index (χ1v) is 11.0. The summed E-state index contributed by atoms with van der Waals surface area (Å²) in [6, 6.07) is 0. The Morgan fingerprint density at radius 3 is 0.815 bits per heavy atom. The van der Waals surface area contributed by atoms with Gasteiger partial charge in [0.15, 0.2) is 5.75 Å². The maximum Gasteiger partial charge on any atom is 0.155 e. The number of phenolic OH excluding ortho intramolecular Hbond substituents is 1. The molecule has 0 aliphatic heterocycles. The standard InChI is InChI=1S/C6H6Cl6.C6HCl5O.C2H4.H3N/c2*7-1-2(8)4(10)6(12)5(11)3(1)9;1-2;/h1-6H;12H;1-2H2;1H3/t1-,2-,3-,4+,5+,6+;;;. The van der Waals surface area contributed by atoms with Crippen molar-refractivity contribution in [3.63, 3.8) is 0 Å². The fraction of sp³-hybridized carbons (Fsp3) is 0.429. The molecule has 2 nitrogen and oxygen atoms in total. The van der Waals surface area contributed by atoms with Crippen LogP contribution in [0.5, 0.6) is 5.75 Å². The zero-order valence-electron chi connectivity index (χ0n) is 13.2. The van der Waals surface area contributed by atoms with E-state index in [9.17, 15) is 5.11 Å². The molecule has 1 aliphatic carbocycles. The lowest BCUT2D eigenvalue weighted by Gasteiger charge is -2.37. The van der Waals surface area contributed by atoms with Gasteiger partial charge in [0.1, 0.15) is 10.0 Å². The Bertz CT molecular complexity index is 454. The van der Waals surface area contributed by atoms with Crippen molar-refractivity contribution in [1.29, 1.82) is 0 Å². The van der Waals surface area contributed by atoms with E-state index >= 15 is 0 Å². The van der Waals surface area contributed by atoms with Gasteiger partial charge in [-0.2, -0.15) is 0 Å². The van der Waals surface area contributed by atoms with Crippen molar-refractivity contribution < 1.29 is 5.11 Å². The van der Waals surface area contributed by atoms with Gasteiger partial charge >= 0.3 is 0 Å². The lowest BCUT2D eigenvalue weighted by atomic mass is 9.97. The van der Waals surface area contributed by atoms with E-state index in [-0.39, 0.29) is 37.0 Å². The second-order valence-electron chi connectivity index (χ2n) is 4.59. The van der Waals surface area contributed by atoms with Crippen LogP contribution in [-0.2, 0) is 0 Å². The van der Waals surface area contributed by atoms with E-state index in [4.69, 9.17) is 128 Å². The minimum absolute atomic E-state index is 0. The van der Waals surface area contributed by atoms with Crippen molar-refractivity contribution in [3.8, 4) is 5.75 Å². The maximum absolute atomic E-state index is 9.20. The highest BCUT2D eigenvalue weighted by molar-refractivity contribution is 6.55. The second kappa shape index (κ2) is 14.1. The van der Waals surface area contributed by atoms with Crippen LogP contribution in [0.25, 0.3) is 0 Å². The van der Waals surface area contributed by atoms with Gasteiger partial charge < -0.3 is 11.3 Å². The summed E-state index contributed by atoms with van der Waals surface area (Å²) in [5, 5.41) is 6.39. The van der Waals surface area contributed by atoms with Gasteiger partial charge in [-0.25, -0.2) is 0 Å². The van der Waals surface area contributed by atoms with Gasteiger partial charge in [0, 0.05) is 0 Å². The maximum atomic E-state index is 9.20. The van der Waals surface area contributed by atoms with Gasteiger partial charge in [-0.3, -0.25) is 0 Å². The molecule has 0 amide bonds. The molecule has 0 spiro atoms. The Kier molecular flexibility index (Phi) is 16.2. The lowest BCUT2D eigenvalue weighted by molar-refractivity contribution is 0.476. The van der Waals surface area contributed by atoms with Gasteiger partial charge in [0.2, 0.25) is 0 Å². The number of phenols is 1. The normalized spacial score (nSPS) is 29.4. The molecule has 2 rings (SSSR count). The smallest absolute Gasteiger partial charge is 0.155 e. The third-order valence-corrected chi connectivity index (χ3v) is 9.30. The Morgan fingerprint density at radius 1 is 0.481 bits per heavy atom. The van der Waals surface area contributed by atoms with Crippen molar-refractivity contribution >= 4 is 128 Å². The number of hydrogen-bond acceptors (Lipinski definition) is 2. The highest BCUT2D eigenvalue weighted by Crippen LogP contribution is 2.47. The minimum atomic E-state index is -0.437. The van der Waals surface area contributed by atoms with E-state index in [1.165, 1.54) is 0 Å². The third-order valence-electron chi connectivity index (χ3n) is 3.01. The van der Waals surface area contributed by atoms with Crippen molar-refractivity contribution in [1.82, 2.24) is 6.15 Å². The molecule has 0 atom stereocenters. The molecule has 0 aromatic heterocycles. The van der Waals surface area contributed by atoms with E-state index in [2.05, 4.69) is 13.2 Å². The summed E-state index contributed by atoms with van der Waals surface area (Å²) in [5.74, 6) is -0.363. The molecule has 0 radical (unpaired) electrons. The molecule has 1 aromatic rings. The molecule has 1 saturated carbocycles. The molecular weight excluding hydrogens is 588 g/mol. The number of hydrogen-bond donors (Lipinski definition) is 2. The summed E-state index contributed by atoms with van der Waals surface area (Å²) in [6.45, 7) is 6.00. The number of benzene rings is 1. The lowest BCUT2D eigenvalue weighted by Crippen LogP contribution is -2.52. The van der Waals surface area contributed by atoms with E-state index < -0.39 is 32.3 Å². The molecule has 13 heteroatoms. The Balaban J connectivity index is 0.